The summed E-state index contributed by atoms with van der Waals surface area (Å²) in [5, 5.41) is 4.19. The first kappa shape index (κ1) is 21.0. The van der Waals surface area contributed by atoms with Gasteiger partial charge in [0, 0.05) is 0 Å². The van der Waals surface area contributed by atoms with Gasteiger partial charge in [0.05, 0.1) is 12.0 Å². The third-order valence-electron chi connectivity index (χ3n) is 4.01. The van der Waals surface area contributed by atoms with E-state index in [1.165, 1.54) is 15.9 Å². The number of hydrogen-bond donors (Lipinski definition) is 0. The molecule has 0 aliphatic heterocycles. The minimum absolute atomic E-state index is 0.659. The number of rotatable bonds is 5. The molecule has 0 aromatic heterocycles. The minimum atomic E-state index is -3.81. The molecule has 143 valence electrons. The van der Waals surface area contributed by atoms with E-state index in [4.69, 9.17) is 11.6 Å². The second-order valence-electron chi connectivity index (χ2n) is 5.36. The van der Waals surface area contributed by atoms with Crippen molar-refractivity contribution in [3.05, 3.63) is 91.0 Å². The predicted octanol–water partition coefficient (Wildman–Crippen LogP) is 5.48. The first-order valence-electron chi connectivity index (χ1n) is 7.83. The quantitative estimate of drug-likeness (QED) is 0.277. The molecule has 0 aliphatic carbocycles. The molecule has 6 heteroatoms. The van der Waals surface area contributed by atoms with E-state index in [2.05, 4.69) is 91.0 Å². The molecule has 0 spiro atoms. The summed E-state index contributed by atoms with van der Waals surface area (Å²) in [7, 11) is -1.69. The van der Waals surface area contributed by atoms with Crippen LogP contribution in [0.15, 0.2) is 91.0 Å². The van der Waals surface area contributed by atoms with Crippen molar-refractivity contribution < 1.29 is 25.9 Å². The predicted molar refractivity (Wildman–Crippen MR) is 104 cm³/mol. The Labute approximate surface area is 163 Å². The van der Waals surface area contributed by atoms with Crippen LogP contribution in [0.2, 0.25) is 0 Å². The average Bonchev–Trinajstić information content (AvgIpc) is 2.68. The molecule has 0 N–H and O–H groups in total. The molecule has 0 atom stereocenters. The summed E-state index contributed by atoms with van der Waals surface area (Å²) in [6, 6.07) is 32.5. The summed E-state index contributed by atoms with van der Waals surface area (Å²) in [5.41, 5.74) is 0. The molecule has 0 nitrogen and oxygen atoms in total. The van der Waals surface area contributed by atoms with E-state index in [-0.39, 0.29) is 0 Å². The molecule has 0 saturated heterocycles. The van der Waals surface area contributed by atoms with Crippen LogP contribution in [0.4, 0.5) is 10.7 Å². The van der Waals surface area contributed by atoms with Gasteiger partial charge >= 0.3 is 25.9 Å². The van der Waals surface area contributed by atoms with Crippen molar-refractivity contribution in [1.29, 1.82) is 0 Å². The number of hydrogen-bond acceptors (Lipinski definition) is 0. The fraction of sp³-hybridized carbons (Fsp3) is 0.100. The molecular formula is C20H19ClCuF3P. The number of halogens is 4. The molecule has 0 amide bonds. The van der Waals surface area contributed by atoms with Gasteiger partial charge in [-0.3, -0.25) is 0 Å². The zero-order valence-corrected chi connectivity index (χ0v) is 16.4. The molecule has 0 heterocycles. The van der Waals surface area contributed by atoms with Crippen molar-refractivity contribution >= 4 is 34.8 Å². The Kier molecular flexibility index (Phi) is 8.68. The maximum atomic E-state index is 9.69. The van der Waals surface area contributed by atoms with E-state index >= 15 is 0 Å². The van der Waals surface area contributed by atoms with Crippen LogP contribution in [0.25, 0.3) is 0 Å². The van der Waals surface area contributed by atoms with Gasteiger partial charge in [-0.05, 0) is 36.4 Å². The molecule has 26 heavy (non-hydrogen) atoms. The van der Waals surface area contributed by atoms with Crippen LogP contribution in [-0.2, 0) is 15.3 Å². The summed E-state index contributed by atoms with van der Waals surface area (Å²) >= 11 is 2.45. The monoisotopic (exact) mass is 445 g/mol. The topological polar surface area (TPSA) is 0 Å². The van der Waals surface area contributed by atoms with Crippen LogP contribution in [0, 0.1) is 0 Å². The third kappa shape index (κ3) is 5.34. The zero-order chi connectivity index (χ0) is 18.8. The van der Waals surface area contributed by atoms with Crippen molar-refractivity contribution in [3.63, 3.8) is 0 Å². The van der Waals surface area contributed by atoms with Crippen LogP contribution in [0.1, 0.15) is 0 Å². The molecule has 0 fully saturated rings. The Morgan fingerprint density at radius 1 is 0.615 bits per heavy atom. The van der Waals surface area contributed by atoms with E-state index in [1.807, 2.05) is 0 Å². The molecule has 0 bridgehead atoms. The first-order chi connectivity index (χ1) is 12.6. The molecule has 0 aliphatic rings. The van der Waals surface area contributed by atoms with E-state index in [1.54, 1.807) is 0 Å². The zero-order valence-electron chi connectivity index (χ0n) is 13.8. The van der Waals surface area contributed by atoms with Gasteiger partial charge < -0.3 is 0 Å². The van der Waals surface area contributed by atoms with Gasteiger partial charge in [-0.2, -0.15) is 0 Å². The Bertz CT molecular complexity index is 658. The molecule has 3 aromatic carbocycles. The Morgan fingerprint density at radius 2 is 0.885 bits per heavy atom. The van der Waals surface area contributed by atoms with Crippen LogP contribution < -0.4 is 15.9 Å². The van der Waals surface area contributed by atoms with Gasteiger partial charge in [-0.25, -0.2) is 0 Å². The van der Waals surface area contributed by atoms with E-state index in [0.717, 1.165) is 6.16 Å². The molecule has 3 rings (SSSR count). The van der Waals surface area contributed by atoms with Gasteiger partial charge in [-0.1, -0.05) is 54.6 Å². The normalized spacial score (nSPS) is 11.3. The van der Waals surface area contributed by atoms with Crippen LogP contribution in [0.3, 0.4) is 0 Å². The Morgan fingerprint density at radius 3 is 1.12 bits per heavy atom. The summed E-state index contributed by atoms with van der Waals surface area (Å²) < 4.78 is 29.1. The Balaban J connectivity index is 0.000000552. The molecule has 0 radical (unpaired) electrons. The van der Waals surface area contributed by atoms with E-state index in [0.29, 0.717) is 5.88 Å². The second kappa shape index (κ2) is 10.7. The van der Waals surface area contributed by atoms with Crippen molar-refractivity contribution in [2.45, 2.75) is 0 Å². The molecule has 0 saturated carbocycles. The van der Waals surface area contributed by atoms with Gasteiger partial charge in [0.1, 0.15) is 23.2 Å². The van der Waals surface area contributed by atoms with Gasteiger partial charge in [0.2, 0.25) is 0 Å². The number of alkyl halides is 1. The van der Waals surface area contributed by atoms with Gasteiger partial charge in [0.25, 0.3) is 0 Å². The van der Waals surface area contributed by atoms with Crippen molar-refractivity contribution in [1.82, 2.24) is 0 Å². The summed E-state index contributed by atoms with van der Waals surface area (Å²) in [6.45, 7) is 0. The van der Waals surface area contributed by atoms with E-state index < -0.39 is 22.5 Å². The van der Waals surface area contributed by atoms with Crippen molar-refractivity contribution in [3.8, 4) is 0 Å². The van der Waals surface area contributed by atoms with E-state index in [9.17, 15) is 10.7 Å². The van der Waals surface area contributed by atoms with Crippen molar-refractivity contribution in [2.24, 2.45) is 0 Å². The maximum absolute atomic E-state index is 9.69. The standard InChI is InChI=1S/C20H19ClP.Cu.3FH/c21-16-17-22(18-10-4-1-5-11-18,19-12-6-2-7-13-19)20-14-8-3-9-15-20;;;;/h1-15H,16-17H2;;3*1H/q+1;+2;;;/p-3. The molecule has 0 unspecified atom stereocenters. The second-order valence-corrected chi connectivity index (χ2v) is 9.76. The summed E-state index contributed by atoms with van der Waals surface area (Å²) in [5.74, 6) is 0.659. The van der Waals surface area contributed by atoms with Crippen LogP contribution >= 0.6 is 18.9 Å². The van der Waals surface area contributed by atoms with Crippen molar-refractivity contribution in [2.75, 3.05) is 12.0 Å². The average molecular weight is 446 g/mol. The summed E-state index contributed by atoms with van der Waals surface area (Å²) in [6.07, 6.45) is 0.979. The third-order valence-corrected chi connectivity index (χ3v) is 8.90. The van der Waals surface area contributed by atoms with Crippen LogP contribution in [0.5, 0.6) is 0 Å². The SMILES string of the molecule is ClCC[P+](c1ccccc1)(c1ccccc1)c1ccccc1.[F][Cu-]([F])[F]. The molecule has 3 aromatic rings. The van der Waals surface area contributed by atoms with Gasteiger partial charge in [0.15, 0.2) is 0 Å². The van der Waals surface area contributed by atoms with Gasteiger partial charge in [-0.15, -0.1) is 11.6 Å². The fourth-order valence-corrected chi connectivity index (χ4v) is 7.74. The number of benzene rings is 3. The fourth-order valence-electron chi connectivity index (χ4n) is 3.01. The Hall–Kier alpha value is -1.31. The first-order valence-corrected chi connectivity index (χ1v) is 11.4. The molecular weight excluding hydrogens is 427 g/mol. The summed E-state index contributed by atoms with van der Waals surface area (Å²) in [4.78, 5) is 0. The van der Waals surface area contributed by atoms with Crippen LogP contribution in [-0.4, -0.2) is 12.0 Å².